The normalized spacial score (nSPS) is 11.7. The lowest BCUT2D eigenvalue weighted by Crippen LogP contribution is -2.25. The summed E-state index contributed by atoms with van der Waals surface area (Å²) in [4.78, 5) is 12.6. The molecule has 0 radical (unpaired) electrons. The molecule has 4 rings (SSSR count). The SMILES string of the molecule is CCOc1ccccc1CCCNS(=O)(=O)c1ccc2c(c1)sc(=O)n2Cc1ccccc1. The number of hydrogen-bond acceptors (Lipinski definition) is 5. The minimum atomic E-state index is -3.67. The van der Waals surface area contributed by atoms with E-state index in [4.69, 9.17) is 4.74 Å². The predicted molar refractivity (Wildman–Crippen MR) is 133 cm³/mol. The van der Waals surface area contributed by atoms with E-state index in [-0.39, 0.29) is 9.77 Å². The van der Waals surface area contributed by atoms with Gasteiger partial charge in [-0.2, -0.15) is 0 Å². The summed E-state index contributed by atoms with van der Waals surface area (Å²) >= 11 is 1.06. The van der Waals surface area contributed by atoms with Crippen molar-refractivity contribution in [2.24, 2.45) is 0 Å². The highest BCUT2D eigenvalue weighted by molar-refractivity contribution is 7.89. The van der Waals surface area contributed by atoms with Gasteiger partial charge in [-0.15, -0.1) is 0 Å². The van der Waals surface area contributed by atoms with Crippen LogP contribution in [0.25, 0.3) is 10.2 Å². The second-order valence-electron chi connectivity index (χ2n) is 7.61. The molecule has 3 aromatic carbocycles. The molecule has 4 aromatic rings. The molecule has 0 aliphatic rings. The molecule has 1 aromatic heterocycles. The number of sulfonamides is 1. The van der Waals surface area contributed by atoms with Crippen LogP contribution in [-0.2, 0) is 23.0 Å². The fourth-order valence-corrected chi connectivity index (χ4v) is 5.81. The van der Waals surface area contributed by atoms with Crippen LogP contribution < -0.4 is 14.3 Å². The molecular formula is C25H26N2O4S2. The first kappa shape index (κ1) is 23.2. The van der Waals surface area contributed by atoms with E-state index in [0.717, 1.165) is 33.7 Å². The van der Waals surface area contributed by atoms with Gasteiger partial charge in [0.2, 0.25) is 10.0 Å². The Morgan fingerprint density at radius 2 is 1.76 bits per heavy atom. The molecule has 0 unspecified atom stereocenters. The minimum absolute atomic E-state index is 0.107. The van der Waals surface area contributed by atoms with Gasteiger partial charge < -0.3 is 4.74 Å². The second kappa shape index (κ2) is 10.3. The molecule has 0 fully saturated rings. The third-order valence-electron chi connectivity index (χ3n) is 5.32. The Morgan fingerprint density at radius 3 is 2.55 bits per heavy atom. The topological polar surface area (TPSA) is 77.4 Å². The summed E-state index contributed by atoms with van der Waals surface area (Å²) in [6.45, 7) is 3.29. The van der Waals surface area contributed by atoms with Crippen LogP contribution in [0.1, 0.15) is 24.5 Å². The molecule has 0 saturated carbocycles. The number of aryl methyl sites for hydroxylation is 1. The smallest absolute Gasteiger partial charge is 0.308 e. The van der Waals surface area contributed by atoms with Gasteiger partial charge >= 0.3 is 4.87 Å². The largest absolute Gasteiger partial charge is 0.494 e. The monoisotopic (exact) mass is 482 g/mol. The fourth-order valence-electron chi connectivity index (χ4n) is 3.70. The summed E-state index contributed by atoms with van der Waals surface area (Å²) in [7, 11) is -3.67. The first-order valence-electron chi connectivity index (χ1n) is 10.9. The number of hydrogen-bond donors (Lipinski definition) is 1. The predicted octanol–water partition coefficient (Wildman–Crippen LogP) is 4.42. The summed E-state index contributed by atoms with van der Waals surface area (Å²) in [5.41, 5.74) is 2.81. The van der Waals surface area contributed by atoms with Gasteiger partial charge in [-0.1, -0.05) is 59.9 Å². The molecule has 6 nitrogen and oxygen atoms in total. The van der Waals surface area contributed by atoms with Crippen molar-refractivity contribution in [2.75, 3.05) is 13.2 Å². The highest BCUT2D eigenvalue weighted by atomic mass is 32.2. The number of fused-ring (bicyclic) bond motifs is 1. The second-order valence-corrected chi connectivity index (χ2v) is 10.4. The Bertz CT molecular complexity index is 1390. The minimum Gasteiger partial charge on any atom is -0.494 e. The molecule has 1 N–H and O–H groups in total. The molecule has 0 atom stereocenters. The van der Waals surface area contributed by atoms with Crippen LogP contribution in [0.4, 0.5) is 0 Å². The van der Waals surface area contributed by atoms with E-state index in [1.807, 2.05) is 61.5 Å². The molecule has 172 valence electrons. The average Bonchev–Trinajstić information content (AvgIpc) is 3.13. The van der Waals surface area contributed by atoms with E-state index in [2.05, 4.69) is 4.72 Å². The maximum atomic E-state index is 12.8. The first-order valence-corrected chi connectivity index (χ1v) is 13.2. The van der Waals surface area contributed by atoms with E-state index in [1.54, 1.807) is 22.8 Å². The maximum absolute atomic E-state index is 12.8. The first-order chi connectivity index (χ1) is 16.0. The number of para-hydroxylation sites is 1. The van der Waals surface area contributed by atoms with Gasteiger partial charge in [-0.25, -0.2) is 13.1 Å². The van der Waals surface area contributed by atoms with Gasteiger partial charge in [0.1, 0.15) is 5.75 Å². The Hall–Kier alpha value is -2.94. The molecular weight excluding hydrogens is 456 g/mol. The molecule has 1 heterocycles. The fraction of sp³-hybridized carbons (Fsp3) is 0.240. The van der Waals surface area contributed by atoms with Gasteiger partial charge in [0.15, 0.2) is 0 Å². The molecule has 0 aliphatic heterocycles. The summed E-state index contributed by atoms with van der Waals surface area (Å²) < 4.78 is 36.3. The lowest BCUT2D eigenvalue weighted by molar-refractivity contribution is 0.336. The summed E-state index contributed by atoms with van der Waals surface area (Å²) in [5.74, 6) is 0.836. The van der Waals surface area contributed by atoms with Gasteiger partial charge in [0.05, 0.1) is 28.3 Å². The number of nitrogens with zero attached hydrogens (tertiary/aromatic N) is 1. The van der Waals surface area contributed by atoms with E-state index in [9.17, 15) is 13.2 Å². The van der Waals surface area contributed by atoms with E-state index in [0.29, 0.717) is 37.2 Å². The van der Waals surface area contributed by atoms with Crippen molar-refractivity contribution in [3.63, 3.8) is 0 Å². The molecule has 33 heavy (non-hydrogen) atoms. The Labute approximate surface area is 197 Å². The van der Waals surface area contributed by atoms with Gasteiger partial charge in [0.25, 0.3) is 0 Å². The van der Waals surface area contributed by atoms with Crippen LogP contribution in [-0.4, -0.2) is 26.1 Å². The van der Waals surface area contributed by atoms with Crippen LogP contribution >= 0.6 is 11.3 Å². The summed E-state index contributed by atoms with van der Waals surface area (Å²) in [6, 6.07) is 22.4. The van der Waals surface area contributed by atoms with E-state index in [1.165, 1.54) is 0 Å². The van der Waals surface area contributed by atoms with Crippen molar-refractivity contribution in [3.05, 3.63) is 93.6 Å². The number of ether oxygens (including phenoxy) is 1. The van der Waals surface area contributed by atoms with Gasteiger partial charge in [-0.3, -0.25) is 9.36 Å². The van der Waals surface area contributed by atoms with Gasteiger partial charge in [-0.05, 0) is 55.2 Å². The third kappa shape index (κ3) is 5.52. The third-order valence-corrected chi connectivity index (χ3v) is 7.72. The molecule has 0 bridgehead atoms. The summed E-state index contributed by atoms with van der Waals surface area (Å²) in [5, 5.41) is 0. The molecule has 0 amide bonds. The van der Waals surface area contributed by atoms with E-state index < -0.39 is 10.0 Å². The number of aromatic nitrogens is 1. The Balaban J connectivity index is 1.44. The Kier molecular flexibility index (Phi) is 7.27. The molecule has 0 saturated heterocycles. The number of rotatable bonds is 10. The van der Waals surface area contributed by atoms with Gasteiger partial charge in [0, 0.05) is 6.54 Å². The zero-order valence-corrected chi connectivity index (χ0v) is 20.0. The molecule has 0 spiro atoms. The standard InChI is InChI=1S/C25H26N2O4S2/c1-2-31-23-13-7-6-11-20(23)12-8-16-26-33(29,30)21-14-15-22-24(17-21)32-25(28)27(22)18-19-9-4-3-5-10-19/h3-7,9-11,13-15,17,26H,2,8,12,16,18H2,1H3. The van der Waals surface area contributed by atoms with Crippen LogP contribution in [0.3, 0.4) is 0 Å². The number of benzene rings is 3. The van der Waals surface area contributed by atoms with Crippen molar-refractivity contribution in [1.82, 2.24) is 9.29 Å². The lowest BCUT2D eigenvalue weighted by Gasteiger charge is -2.11. The lowest BCUT2D eigenvalue weighted by atomic mass is 10.1. The van der Waals surface area contributed by atoms with Crippen LogP contribution in [0.2, 0.25) is 0 Å². The van der Waals surface area contributed by atoms with Crippen LogP contribution in [0.15, 0.2) is 82.5 Å². The zero-order valence-electron chi connectivity index (χ0n) is 18.4. The number of nitrogens with one attached hydrogen (secondary N) is 1. The Morgan fingerprint density at radius 1 is 1.00 bits per heavy atom. The zero-order chi connectivity index (χ0) is 23.3. The molecule has 0 aliphatic carbocycles. The van der Waals surface area contributed by atoms with Crippen molar-refractivity contribution in [1.29, 1.82) is 0 Å². The van der Waals surface area contributed by atoms with E-state index >= 15 is 0 Å². The van der Waals surface area contributed by atoms with Crippen molar-refractivity contribution < 1.29 is 13.2 Å². The van der Waals surface area contributed by atoms with Crippen molar-refractivity contribution >= 4 is 31.6 Å². The molecule has 8 heteroatoms. The highest BCUT2D eigenvalue weighted by Crippen LogP contribution is 2.23. The van der Waals surface area contributed by atoms with Crippen molar-refractivity contribution in [3.8, 4) is 5.75 Å². The van der Waals surface area contributed by atoms with Crippen molar-refractivity contribution in [2.45, 2.75) is 31.2 Å². The average molecular weight is 483 g/mol. The summed E-state index contributed by atoms with van der Waals surface area (Å²) in [6.07, 6.45) is 1.36. The van der Waals surface area contributed by atoms with Crippen LogP contribution in [0.5, 0.6) is 5.75 Å². The highest BCUT2D eigenvalue weighted by Gasteiger charge is 2.17. The maximum Gasteiger partial charge on any atom is 0.308 e. The van der Waals surface area contributed by atoms with Crippen LogP contribution in [0, 0.1) is 0 Å². The quantitative estimate of drug-likeness (QED) is 0.340. The number of thiazole rings is 1.